The fourth-order valence-corrected chi connectivity index (χ4v) is 3.02. The Morgan fingerprint density at radius 3 is 2.67 bits per heavy atom. The monoisotopic (exact) mass is 375 g/mol. The average molecular weight is 376 g/mol. The molecule has 0 bridgehead atoms. The summed E-state index contributed by atoms with van der Waals surface area (Å²) in [6.07, 6.45) is 5.88. The fraction of sp³-hybridized carbons (Fsp3) is 0.500. The summed E-state index contributed by atoms with van der Waals surface area (Å²) in [6.45, 7) is 2.28. The van der Waals surface area contributed by atoms with E-state index >= 15 is 0 Å². The Morgan fingerprint density at radius 1 is 1.38 bits per heavy atom. The summed E-state index contributed by atoms with van der Waals surface area (Å²) in [5.41, 5.74) is 6.24. The SMILES string of the molecule is Cc1oc(-c2ccco2)nc1CC(=O)NC1(CN)CCCC1.Cl.Cl. The highest BCUT2D eigenvalue weighted by molar-refractivity contribution is 5.85. The van der Waals surface area contributed by atoms with Crippen LogP contribution in [0.25, 0.3) is 11.7 Å². The minimum Gasteiger partial charge on any atom is -0.459 e. The van der Waals surface area contributed by atoms with Gasteiger partial charge in [-0.05, 0) is 31.9 Å². The highest BCUT2D eigenvalue weighted by atomic mass is 35.5. The number of aromatic nitrogens is 1. The predicted octanol–water partition coefficient (Wildman–Crippen LogP) is 3.02. The van der Waals surface area contributed by atoms with Crippen LogP contribution in [-0.4, -0.2) is 23.0 Å². The second-order valence-corrected chi connectivity index (χ2v) is 5.92. The summed E-state index contributed by atoms with van der Waals surface area (Å²) in [7, 11) is 0. The third-order valence-electron chi connectivity index (χ3n) is 4.31. The number of halogens is 2. The number of nitrogens with one attached hydrogen (secondary N) is 1. The molecule has 0 radical (unpaired) electrons. The van der Waals surface area contributed by atoms with E-state index in [-0.39, 0.29) is 42.7 Å². The maximum Gasteiger partial charge on any atom is 0.263 e. The number of furan rings is 1. The number of nitrogens with two attached hydrogens (primary N) is 1. The van der Waals surface area contributed by atoms with Gasteiger partial charge in [-0.1, -0.05) is 12.8 Å². The molecule has 1 amide bonds. The summed E-state index contributed by atoms with van der Waals surface area (Å²) >= 11 is 0. The Bertz CT molecular complexity index is 650. The van der Waals surface area contributed by atoms with Crippen LogP contribution in [0.5, 0.6) is 0 Å². The number of hydrogen-bond donors (Lipinski definition) is 2. The van der Waals surface area contributed by atoms with Gasteiger partial charge in [-0.2, -0.15) is 0 Å². The first kappa shape index (κ1) is 20.5. The largest absolute Gasteiger partial charge is 0.459 e. The van der Waals surface area contributed by atoms with E-state index in [0.29, 0.717) is 29.6 Å². The standard InChI is InChI=1S/C16H21N3O3.2ClH/c1-11-12(18-15(22-11)13-5-4-8-21-13)9-14(20)19-16(10-17)6-2-3-7-16;;/h4-5,8H,2-3,6-7,9-10,17H2,1H3,(H,19,20);2*1H. The van der Waals surface area contributed by atoms with Crippen LogP contribution in [-0.2, 0) is 11.2 Å². The van der Waals surface area contributed by atoms with Crippen LogP contribution in [0.1, 0.15) is 37.1 Å². The molecule has 8 heteroatoms. The zero-order chi connectivity index (χ0) is 15.6. The van der Waals surface area contributed by atoms with Gasteiger partial charge in [0.15, 0.2) is 5.76 Å². The molecule has 6 nitrogen and oxygen atoms in total. The van der Waals surface area contributed by atoms with Gasteiger partial charge < -0.3 is 19.9 Å². The van der Waals surface area contributed by atoms with Crippen molar-refractivity contribution < 1.29 is 13.6 Å². The first-order valence-corrected chi connectivity index (χ1v) is 7.63. The Labute approximate surface area is 153 Å². The summed E-state index contributed by atoms with van der Waals surface area (Å²) < 4.78 is 10.8. The number of amides is 1. The van der Waals surface area contributed by atoms with E-state index in [1.807, 2.05) is 0 Å². The van der Waals surface area contributed by atoms with Crippen LogP contribution in [0.15, 0.2) is 27.2 Å². The lowest BCUT2D eigenvalue weighted by Crippen LogP contribution is -2.52. The summed E-state index contributed by atoms with van der Waals surface area (Å²) in [4.78, 5) is 16.7. The molecule has 0 unspecified atom stereocenters. The normalized spacial score (nSPS) is 15.4. The first-order valence-electron chi connectivity index (χ1n) is 7.63. The average Bonchev–Trinajstić information content (AvgIpc) is 3.21. The zero-order valence-electron chi connectivity index (χ0n) is 13.5. The van der Waals surface area contributed by atoms with Gasteiger partial charge in [-0.15, -0.1) is 24.8 Å². The molecule has 0 aromatic carbocycles. The molecular weight excluding hydrogens is 353 g/mol. The molecular formula is C16H23Cl2N3O3. The molecule has 3 N–H and O–H groups in total. The van der Waals surface area contributed by atoms with Crippen LogP contribution in [0, 0.1) is 6.92 Å². The van der Waals surface area contributed by atoms with Gasteiger partial charge in [0.1, 0.15) is 5.76 Å². The zero-order valence-corrected chi connectivity index (χ0v) is 15.2. The topological polar surface area (TPSA) is 94.3 Å². The maximum atomic E-state index is 12.3. The molecule has 1 aliphatic carbocycles. The minimum absolute atomic E-state index is 0. The number of hydrogen-bond acceptors (Lipinski definition) is 5. The van der Waals surface area contributed by atoms with Gasteiger partial charge in [0.25, 0.3) is 5.89 Å². The van der Waals surface area contributed by atoms with Crippen molar-refractivity contribution in [2.75, 3.05) is 6.54 Å². The summed E-state index contributed by atoms with van der Waals surface area (Å²) in [5, 5.41) is 3.09. The van der Waals surface area contributed by atoms with Gasteiger partial charge >= 0.3 is 0 Å². The van der Waals surface area contributed by atoms with Crippen molar-refractivity contribution in [3.63, 3.8) is 0 Å². The van der Waals surface area contributed by atoms with Gasteiger partial charge in [0, 0.05) is 6.54 Å². The van der Waals surface area contributed by atoms with Crippen LogP contribution in [0.4, 0.5) is 0 Å². The lowest BCUT2D eigenvalue weighted by Gasteiger charge is -2.28. The Balaban J connectivity index is 0.00000144. The highest BCUT2D eigenvalue weighted by Gasteiger charge is 2.34. The van der Waals surface area contributed by atoms with Crippen molar-refractivity contribution in [3.05, 3.63) is 29.9 Å². The number of carbonyl (C=O) groups excluding carboxylic acids is 1. The van der Waals surface area contributed by atoms with Gasteiger partial charge in [-0.25, -0.2) is 4.98 Å². The van der Waals surface area contributed by atoms with Crippen molar-refractivity contribution in [2.45, 2.75) is 44.6 Å². The first-order chi connectivity index (χ1) is 10.6. The molecule has 2 aromatic heterocycles. The minimum atomic E-state index is -0.238. The Kier molecular flexibility index (Phi) is 7.32. The second kappa shape index (κ2) is 8.55. The highest BCUT2D eigenvalue weighted by Crippen LogP contribution is 2.29. The number of nitrogens with zero attached hydrogens (tertiary/aromatic N) is 1. The van der Waals surface area contributed by atoms with Crippen LogP contribution in [0.2, 0.25) is 0 Å². The van der Waals surface area contributed by atoms with E-state index in [0.717, 1.165) is 25.7 Å². The van der Waals surface area contributed by atoms with E-state index in [9.17, 15) is 4.79 Å². The quantitative estimate of drug-likeness (QED) is 0.837. The van der Waals surface area contributed by atoms with Crippen molar-refractivity contribution in [1.82, 2.24) is 10.3 Å². The van der Waals surface area contributed by atoms with Crippen molar-refractivity contribution in [3.8, 4) is 11.7 Å². The smallest absolute Gasteiger partial charge is 0.263 e. The molecule has 1 aliphatic rings. The number of carbonyl (C=O) groups is 1. The third-order valence-corrected chi connectivity index (χ3v) is 4.31. The van der Waals surface area contributed by atoms with Crippen molar-refractivity contribution in [2.24, 2.45) is 5.73 Å². The molecule has 0 atom stereocenters. The molecule has 0 aliphatic heterocycles. The van der Waals surface area contributed by atoms with E-state index in [1.54, 1.807) is 25.3 Å². The molecule has 2 heterocycles. The van der Waals surface area contributed by atoms with Crippen LogP contribution in [0.3, 0.4) is 0 Å². The van der Waals surface area contributed by atoms with Gasteiger partial charge in [-0.3, -0.25) is 4.79 Å². The van der Waals surface area contributed by atoms with Crippen LogP contribution < -0.4 is 11.1 Å². The van der Waals surface area contributed by atoms with Gasteiger partial charge in [0.05, 0.1) is 23.9 Å². The van der Waals surface area contributed by atoms with E-state index in [1.165, 1.54) is 0 Å². The Hall–Kier alpha value is -1.50. The second-order valence-electron chi connectivity index (χ2n) is 5.92. The number of aryl methyl sites for hydroxylation is 1. The summed E-state index contributed by atoms with van der Waals surface area (Å²) in [5.74, 6) is 1.54. The Morgan fingerprint density at radius 2 is 2.08 bits per heavy atom. The molecule has 1 saturated carbocycles. The maximum absolute atomic E-state index is 12.3. The van der Waals surface area contributed by atoms with Crippen molar-refractivity contribution >= 4 is 30.7 Å². The van der Waals surface area contributed by atoms with E-state index in [2.05, 4.69) is 10.3 Å². The lowest BCUT2D eigenvalue weighted by molar-refractivity contribution is -0.122. The van der Waals surface area contributed by atoms with E-state index in [4.69, 9.17) is 14.6 Å². The fourth-order valence-electron chi connectivity index (χ4n) is 3.02. The molecule has 0 spiro atoms. The van der Waals surface area contributed by atoms with E-state index < -0.39 is 0 Å². The van der Waals surface area contributed by atoms with Crippen LogP contribution >= 0.6 is 24.8 Å². The predicted molar refractivity (Wildman–Crippen MR) is 95.5 cm³/mol. The molecule has 134 valence electrons. The van der Waals surface area contributed by atoms with Crippen molar-refractivity contribution in [1.29, 1.82) is 0 Å². The summed E-state index contributed by atoms with van der Waals surface area (Å²) in [6, 6.07) is 3.55. The molecule has 1 fully saturated rings. The van der Waals surface area contributed by atoms with Gasteiger partial charge in [0.2, 0.25) is 5.91 Å². The number of oxazole rings is 1. The lowest BCUT2D eigenvalue weighted by atomic mass is 9.97. The molecule has 0 saturated heterocycles. The third kappa shape index (κ3) is 4.32. The molecule has 2 aromatic rings. The number of rotatable bonds is 5. The molecule has 24 heavy (non-hydrogen) atoms. The molecule has 3 rings (SSSR count).